The molecule has 1 N–H and O–H groups in total. The molecule has 0 aliphatic heterocycles. The lowest BCUT2D eigenvalue weighted by Gasteiger charge is -2.10. The smallest absolute Gasteiger partial charge is 0.271 e. The molecule has 154 valence electrons. The van der Waals surface area contributed by atoms with Gasteiger partial charge in [0.1, 0.15) is 24.7 Å². The predicted molar refractivity (Wildman–Crippen MR) is 117 cm³/mol. The van der Waals surface area contributed by atoms with Crippen molar-refractivity contribution < 1.29 is 14.3 Å². The maximum Gasteiger partial charge on any atom is 0.271 e. The monoisotopic (exact) mass is 403 g/mol. The number of amides is 1. The maximum absolute atomic E-state index is 11.9. The van der Waals surface area contributed by atoms with Gasteiger partial charge in [-0.05, 0) is 78.6 Å². The summed E-state index contributed by atoms with van der Waals surface area (Å²) in [4.78, 5) is 15.8. The second kappa shape index (κ2) is 10.8. The zero-order valence-electron chi connectivity index (χ0n) is 17.2. The summed E-state index contributed by atoms with van der Waals surface area (Å²) in [6.07, 6.45) is 5.68. The van der Waals surface area contributed by atoms with Gasteiger partial charge in [-0.2, -0.15) is 5.10 Å². The van der Waals surface area contributed by atoms with Crippen LogP contribution < -0.4 is 14.9 Å². The number of rotatable bonds is 9. The molecule has 0 radical (unpaired) electrons. The molecule has 0 saturated heterocycles. The van der Waals surface area contributed by atoms with Crippen LogP contribution in [0, 0.1) is 6.92 Å². The van der Waals surface area contributed by atoms with Crippen LogP contribution in [0.5, 0.6) is 11.5 Å². The van der Waals surface area contributed by atoms with Crippen LogP contribution in [-0.4, -0.2) is 30.3 Å². The van der Waals surface area contributed by atoms with Crippen molar-refractivity contribution in [3.05, 3.63) is 89.2 Å². The van der Waals surface area contributed by atoms with Gasteiger partial charge in [-0.3, -0.25) is 9.78 Å². The molecular weight excluding hydrogens is 378 g/mol. The second-order valence-corrected chi connectivity index (χ2v) is 6.71. The lowest BCUT2D eigenvalue weighted by Crippen LogP contribution is -2.17. The normalized spacial score (nSPS) is 10.7. The van der Waals surface area contributed by atoms with Crippen molar-refractivity contribution in [2.24, 2.45) is 5.10 Å². The Balaban J connectivity index is 1.42. The van der Waals surface area contributed by atoms with Crippen molar-refractivity contribution in [1.29, 1.82) is 0 Å². The summed E-state index contributed by atoms with van der Waals surface area (Å²) < 4.78 is 11.5. The molecule has 0 spiro atoms. The van der Waals surface area contributed by atoms with E-state index in [-0.39, 0.29) is 5.91 Å². The van der Waals surface area contributed by atoms with E-state index in [1.807, 2.05) is 30.3 Å². The average Bonchev–Trinajstić information content (AvgIpc) is 2.78. The molecule has 3 aromatic rings. The van der Waals surface area contributed by atoms with Crippen molar-refractivity contribution in [2.75, 3.05) is 13.2 Å². The summed E-state index contributed by atoms with van der Waals surface area (Å²) >= 11 is 0. The van der Waals surface area contributed by atoms with Gasteiger partial charge in [0.2, 0.25) is 0 Å². The summed E-state index contributed by atoms with van der Waals surface area (Å²) in [6.45, 7) is 5.12. The van der Waals surface area contributed by atoms with E-state index in [1.54, 1.807) is 30.7 Å². The van der Waals surface area contributed by atoms with Crippen molar-refractivity contribution >= 4 is 12.1 Å². The van der Waals surface area contributed by atoms with Crippen LogP contribution >= 0.6 is 0 Å². The first kappa shape index (κ1) is 21.0. The summed E-state index contributed by atoms with van der Waals surface area (Å²) in [5.41, 5.74) is 6.30. The van der Waals surface area contributed by atoms with Crippen LogP contribution in [0.3, 0.4) is 0 Å². The number of hydrazone groups is 1. The van der Waals surface area contributed by atoms with Crippen LogP contribution in [0.15, 0.2) is 72.1 Å². The van der Waals surface area contributed by atoms with Gasteiger partial charge in [0.05, 0.1) is 6.21 Å². The van der Waals surface area contributed by atoms with Crippen LogP contribution in [0.1, 0.15) is 34.0 Å². The van der Waals surface area contributed by atoms with Gasteiger partial charge in [0.15, 0.2) is 0 Å². The van der Waals surface area contributed by atoms with Crippen molar-refractivity contribution in [3.8, 4) is 11.5 Å². The van der Waals surface area contributed by atoms with Gasteiger partial charge < -0.3 is 9.47 Å². The molecular formula is C24H25N3O3. The number of hydrogen-bond donors (Lipinski definition) is 1. The van der Waals surface area contributed by atoms with E-state index in [2.05, 4.69) is 41.5 Å². The van der Waals surface area contributed by atoms with Crippen LogP contribution in [0.2, 0.25) is 0 Å². The summed E-state index contributed by atoms with van der Waals surface area (Å²) in [7, 11) is 0. The third kappa shape index (κ3) is 6.44. The molecule has 30 heavy (non-hydrogen) atoms. The van der Waals surface area contributed by atoms with Crippen molar-refractivity contribution in [3.63, 3.8) is 0 Å². The Morgan fingerprint density at radius 2 is 1.70 bits per heavy atom. The van der Waals surface area contributed by atoms with Gasteiger partial charge >= 0.3 is 0 Å². The highest BCUT2D eigenvalue weighted by molar-refractivity contribution is 5.94. The van der Waals surface area contributed by atoms with Gasteiger partial charge in [-0.25, -0.2) is 5.43 Å². The second-order valence-electron chi connectivity index (χ2n) is 6.71. The summed E-state index contributed by atoms with van der Waals surface area (Å²) in [5.74, 6) is 1.33. The first-order chi connectivity index (χ1) is 14.6. The molecule has 0 saturated carbocycles. The Morgan fingerprint density at radius 1 is 1.00 bits per heavy atom. The van der Waals surface area contributed by atoms with Gasteiger partial charge in [0.25, 0.3) is 5.91 Å². The first-order valence-electron chi connectivity index (χ1n) is 9.83. The molecule has 0 bridgehead atoms. The zero-order chi connectivity index (χ0) is 21.2. The number of ether oxygens (including phenoxy) is 2. The fourth-order valence-electron chi connectivity index (χ4n) is 2.81. The number of carbonyl (C=O) groups excluding carboxylic acids is 1. The van der Waals surface area contributed by atoms with E-state index in [0.29, 0.717) is 18.8 Å². The lowest BCUT2D eigenvalue weighted by molar-refractivity contribution is 0.0955. The Morgan fingerprint density at radius 3 is 2.40 bits per heavy atom. The fraction of sp³-hybridized carbons (Fsp3) is 0.208. The zero-order valence-corrected chi connectivity index (χ0v) is 17.2. The largest absolute Gasteiger partial charge is 0.490 e. The number of nitrogens with one attached hydrogen (secondary N) is 1. The first-order valence-corrected chi connectivity index (χ1v) is 9.83. The topological polar surface area (TPSA) is 72.8 Å². The van der Waals surface area contributed by atoms with Crippen LogP contribution in [0.25, 0.3) is 0 Å². The standard InChI is InChI=1S/C24H25N3O3/c1-3-19-14-18(2)15-23(16-19)30-13-12-29-22-6-4-20(5-7-22)17-26-27-24(28)21-8-10-25-11-9-21/h4-11,14-17H,3,12-13H2,1-2H3,(H,27,28)/b26-17+. The lowest BCUT2D eigenvalue weighted by atomic mass is 10.1. The molecule has 0 unspecified atom stereocenters. The molecule has 6 nitrogen and oxygen atoms in total. The fourth-order valence-corrected chi connectivity index (χ4v) is 2.81. The molecule has 0 aliphatic rings. The Labute approximate surface area is 176 Å². The van der Waals surface area contributed by atoms with Crippen molar-refractivity contribution in [1.82, 2.24) is 10.4 Å². The highest BCUT2D eigenvalue weighted by Gasteiger charge is 2.02. The predicted octanol–water partition coefficient (Wildman–Crippen LogP) is 4.17. The molecule has 1 aromatic heterocycles. The van der Waals surface area contributed by atoms with E-state index >= 15 is 0 Å². The number of pyridine rings is 1. The van der Waals surface area contributed by atoms with Crippen LogP contribution in [0.4, 0.5) is 0 Å². The third-order valence-electron chi connectivity index (χ3n) is 4.34. The number of aryl methyl sites for hydroxylation is 2. The van der Waals surface area contributed by atoms with Gasteiger partial charge in [0, 0.05) is 18.0 Å². The minimum atomic E-state index is -0.284. The van der Waals surface area contributed by atoms with E-state index < -0.39 is 0 Å². The molecule has 0 atom stereocenters. The number of carbonyl (C=O) groups is 1. The van der Waals surface area contributed by atoms with Gasteiger partial charge in [-0.15, -0.1) is 0 Å². The average molecular weight is 403 g/mol. The number of benzene rings is 2. The quantitative estimate of drug-likeness (QED) is 0.331. The maximum atomic E-state index is 11.9. The summed E-state index contributed by atoms with van der Waals surface area (Å²) in [6, 6.07) is 17.0. The minimum absolute atomic E-state index is 0.284. The van der Waals surface area contributed by atoms with E-state index in [4.69, 9.17) is 9.47 Å². The SMILES string of the molecule is CCc1cc(C)cc(OCCOc2ccc(/C=N/NC(=O)c3ccncc3)cc2)c1. The molecule has 6 heteroatoms. The Kier molecular flexibility index (Phi) is 7.55. The van der Waals surface area contributed by atoms with Gasteiger partial charge in [-0.1, -0.05) is 13.0 Å². The molecule has 2 aromatic carbocycles. The summed E-state index contributed by atoms with van der Waals surface area (Å²) in [5, 5.41) is 3.97. The molecule has 0 fully saturated rings. The molecule has 1 heterocycles. The van der Waals surface area contributed by atoms with Crippen molar-refractivity contribution in [2.45, 2.75) is 20.3 Å². The third-order valence-corrected chi connectivity index (χ3v) is 4.34. The highest BCUT2D eigenvalue weighted by atomic mass is 16.5. The Hall–Kier alpha value is -3.67. The highest BCUT2D eigenvalue weighted by Crippen LogP contribution is 2.17. The molecule has 0 aliphatic carbocycles. The molecule has 1 amide bonds. The van der Waals surface area contributed by atoms with E-state index in [1.165, 1.54) is 11.1 Å². The molecule has 3 rings (SSSR count). The van der Waals surface area contributed by atoms with Crippen LogP contribution in [-0.2, 0) is 6.42 Å². The number of aromatic nitrogens is 1. The Bertz CT molecular complexity index is 986. The van der Waals surface area contributed by atoms with E-state index in [0.717, 1.165) is 23.5 Å². The van der Waals surface area contributed by atoms with E-state index in [9.17, 15) is 4.79 Å². The number of nitrogens with zero attached hydrogens (tertiary/aromatic N) is 2. The minimum Gasteiger partial charge on any atom is -0.490 e. The number of hydrogen-bond acceptors (Lipinski definition) is 5.